The predicted molar refractivity (Wildman–Crippen MR) is 66.4 cm³/mol. The monoisotopic (exact) mass is 301 g/mol. The summed E-state index contributed by atoms with van der Waals surface area (Å²) in [5.74, 6) is -0.885. The van der Waals surface area contributed by atoms with E-state index in [4.69, 9.17) is 4.74 Å². The Hall–Kier alpha value is -1.76. The van der Waals surface area contributed by atoms with Crippen molar-refractivity contribution in [3.8, 4) is 5.75 Å². The second kappa shape index (κ2) is 5.22. The van der Waals surface area contributed by atoms with Crippen molar-refractivity contribution in [3.05, 3.63) is 29.3 Å². The molecule has 0 amide bonds. The van der Waals surface area contributed by atoms with E-state index in [1.165, 1.54) is 12.8 Å². The number of carbonyl (C=O) groups is 1. The number of alkyl halides is 3. The van der Waals surface area contributed by atoms with E-state index in [0.717, 1.165) is 5.56 Å². The molecule has 1 N–H and O–H groups in total. The molecule has 1 saturated carbocycles. The minimum atomic E-state index is -4.99. The molecule has 0 spiro atoms. The zero-order valence-electron chi connectivity index (χ0n) is 11.1. The molecule has 1 aliphatic carbocycles. The number of ether oxygens (including phenoxy) is 2. The number of esters is 1. The Morgan fingerprint density at radius 3 is 2.76 bits per heavy atom. The van der Waals surface area contributed by atoms with Gasteiger partial charge in [-0.2, -0.15) is 13.2 Å². The van der Waals surface area contributed by atoms with Gasteiger partial charge < -0.3 is 9.47 Å². The Labute approximate surface area is 119 Å². The third-order valence-corrected chi connectivity index (χ3v) is 3.51. The summed E-state index contributed by atoms with van der Waals surface area (Å²) in [6.07, 6.45) is -3.69. The molecule has 21 heavy (non-hydrogen) atoms. The van der Waals surface area contributed by atoms with Gasteiger partial charge in [-0.15, -0.1) is 0 Å². The van der Waals surface area contributed by atoms with Crippen molar-refractivity contribution in [2.45, 2.75) is 31.8 Å². The zero-order valence-corrected chi connectivity index (χ0v) is 11.1. The molecule has 1 atom stereocenters. The summed E-state index contributed by atoms with van der Waals surface area (Å²) in [7, 11) is 0. The molecular weight excluding hydrogens is 287 g/mol. The molecule has 0 saturated heterocycles. The van der Waals surface area contributed by atoms with Crippen LogP contribution < -0.4 is 10.1 Å². The molecular formula is C14H14F3NO3. The van der Waals surface area contributed by atoms with Crippen LogP contribution in [-0.4, -0.2) is 18.8 Å². The zero-order chi connectivity index (χ0) is 15.0. The van der Waals surface area contributed by atoms with Gasteiger partial charge in [0.2, 0.25) is 0 Å². The fraction of sp³-hybridized carbons (Fsp3) is 0.500. The lowest BCUT2D eigenvalue weighted by molar-refractivity contribution is -0.206. The number of hydrogen-bond acceptors (Lipinski definition) is 4. The second-order valence-corrected chi connectivity index (χ2v) is 5.28. The molecule has 1 unspecified atom stereocenters. The van der Waals surface area contributed by atoms with Crippen LogP contribution >= 0.6 is 0 Å². The molecule has 1 heterocycles. The summed E-state index contributed by atoms with van der Waals surface area (Å²) >= 11 is 0. The summed E-state index contributed by atoms with van der Waals surface area (Å²) in [5.41, 5.74) is 1.31. The lowest BCUT2D eigenvalue weighted by atomic mass is 10.1. The van der Waals surface area contributed by atoms with Crippen LogP contribution in [0, 0.1) is 5.92 Å². The minimum absolute atomic E-state index is 0.339. The van der Waals surface area contributed by atoms with Crippen molar-refractivity contribution < 1.29 is 27.4 Å². The summed E-state index contributed by atoms with van der Waals surface area (Å²) in [6, 6.07) is 5.08. The Bertz CT molecular complexity index is 555. The Balaban J connectivity index is 1.66. The maximum Gasteiger partial charge on any atom is 0.490 e. The van der Waals surface area contributed by atoms with E-state index in [9.17, 15) is 18.0 Å². The lowest BCUT2D eigenvalue weighted by Crippen LogP contribution is -2.30. The summed E-state index contributed by atoms with van der Waals surface area (Å²) in [6.45, 7) is 1.00. The molecule has 1 aromatic rings. The molecule has 0 radical (unpaired) electrons. The topological polar surface area (TPSA) is 47.6 Å². The predicted octanol–water partition coefficient (Wildman–Crippen LogP) is 2.68. The van der Waals surface area contributed by atoms with E-state index >= 15 is 0 Å². The molecule has 1 aliphatic heterocycles. The largest absolute Gasteiger partial charge is 0.493 e. The van der Waals surface area contributed by atoms with Gasteiger partial charge >= 0.3 is 12.1 Å². The number of hydrogen-bond donors (Lipinski definition) is 1. The molecule has 0 bridgehead atoms. The first-order valence-electron chi connectivity index (χ1n) is 6.70. The van der Waals surface area contributed by atoms with Crippen molar-refractivity contribution in [3.63, 3.8) is 0 Å². The van der Waals surface area contributed by atoms with Gasteiger partial charge in [0.05, 0.1) is 6.61 Å². The highest BCUT2D eigenvalue weighted by Gasteiger charge is 2.43. The van der Waals surface area contributed by atoms with Gasteiger partial charge in [0.1, 0.15) is 5.75 Å². The Morgan fingerprint density at radius 2 is 2.10 bits per heavy atom. The summed E-state index contributed by atoms with van der Waals surface area (Å²) in [4.78, 5) is 10.9. The van der Waals surface area contributed by atoms with Gasteiger partial charge in [-0.25, -0.2) is 4.79 Å². The lowest BCUT2D eigenvalue weighted by Gasteiger charge is -2.15. The molecule has 114 valence electrons. The van der Waals surface area contributed by atoms with Crippen molar-refractivity contribution in [1.82, 2.24) is 5.32 Å². The average molecular weight is 301 g/mol. The quantitative estimate of drug-likeness (QED) is 0.869. The molecule has 1 aromatic carbocycles. The van der Waals surface area contributed by atoms with Crippen LogP contribution in [0.15, 0.2) is 18.2 Å². The van der Waals surface area contributed by atoms with Crippen molar-refractivity contribution >= 4 is 5.97 Å². The van der Waals surface area contributed by atoms with Crippen LogP contribution in [0.3, 0.4) is 0 Å². The third-order valence-electron chi connectivity index (χ3n) is 3.51. The Kier molecular flexibility index (Phi) is 3.52. The van der Waals surface area contributed by atoms with Gasteiger partial charge in [0.25, 0.3) is 0 Å². The smallest absolute Gasteiger partial charge is 0.490 e. The van der Waals surface area contributed by atoms with Crippen LogP contribution in [0.4, 0.5) is 13.2 Å². The fourth-order valence-electron chi connectivity index (χ4n) is 2.17. The SMILES string of the molecule is O=C(OC1NCc2cc(OCC3CC3)ccc21)C(F)(F)F. The van der Waals surface area contributed by atoms with Crippen LogP contribution in [-0.2, 0) is 16.1 Å². The van der Waals surface area contributed by atoms with E-state index < -0.39 is 18.4 Å². The molecule has 0 aromatic heterocycles. The van der Waals surface area contributed by atoms with Gasteiger partial charge in [0, 0.05) is 12.1 Å². The van der Waals surface area contributed by atoms with E-state index in [1.54, 1.807) is 18.2 Å². The molecule has 1 fully saturated rings. The van der Waals surface area contributed by atoms with Gasteiger partial charge in [-0.1, -0.05) is 0 Å². The highest BCUT2D eigenvalue weighted by Crippen LogP contribution is 2.33. The number of halogens is 3. The summed E-state index contributed by atoms with van der Waals surface area (Å²) in [5, 5.41) is 2.73. The fourth-order valence-corrected chi connectivity index (χ4v) is 2.17. The first-order chi connectivity index (χ1) is 9.93. The third kappa shape index (κ3) is 3.29. The highest BCUT2D eigenvalue weighted by molar-refractivity contribution is 5.76. The number of nitrogens with one attached hydrogen (secondary N) is 1. The number of rotatable bonds is 4. The van der Waals surface area contributed by atoms with Crippen LogP contribution in [0.1, 0.15) is 30.2 Å². The normalized spacial score (nSPS) is 21.0. The number of benzene rings is 1. The van der Waals surface area contributed by atoms with Gasteiger partial charge in [0.15, 0.2) is 6.23 Å². The van der Waals surface area contributed by atoms with E-state index in [-0.39, 0.29) is 0 Å². The maximum absolute atomic E-state index is 12.2. The van der Waals surface area contributed by atoms with Crippen molar-refractivity contribution in [1.29, 1.82) is 0 Å². The number of carbonyl (C=O) groups excluding carboxylic acids is 1. The molecule has 4 nitrogen and oxygen atoms in total. The van der Waals surface area contributed by atoms with Gasteiger partial charge in [-0.05, 0) is 42.5 Å². The average Bonchev–Trinajstić information content (AvgIpc) is 3.17. The van der Waals surface area contributed by atoms with E-state index in [0.29, 0.717) is 30.4 Å². The highest BCUT2D eigenvalue weighted by atomic mass is 19.4. The first kappa shape index (κ1) is 14.2. The van der Waals surface area contributed by atoms with Crippen LogP contribution in [0.2, 0.25) is 0 Å². The first-order valence-corrected chi connectivity index (χ1v) is 6.70. The van der Waals surface area contributed by atoms with Crippen LogP contribution in [0.5, 0.6) is 5.75 Å². The Morgan fingerprint density at radius 1 is 1.33 bits per heavy atom. The minimum Gasteiger partial charge on any atom is -0.493 e. The summed E-state index contributed by atoms with van der Waals surface area (Å²) < 4.78 is 46.7. The van der Waals surface area contributed by atoms with Crippen molar-refractivity contribution in [2.75, 3.05) is 6.61 Å². The van der Waals surface area contributed by atoms with Gasteiger partial charge in [-0.3, -0.25) is 5.32 Å². The molecule has 3 rings (SSSR count). The maximum atomic E-state index is 12.2. The van der Waals surface area contributed by atoms with Crippen LogP contribution in [0.25, 0.3) is 0 Å². The second-order valence-electron chi connectivity index (χ2n) is 5.28. The standard InChI is InChI=1S/C14H14F3NO3/c15-14(16,17)13(19)21-12-11-4-3-10(5-9(11)6-18-12)20-7-8-1-2-8/h3-5,8,12,18H,1-2,6-7H2. The van der Waals surface area contributed by atoms with E-state index in [2.05, 4.69) is 10.1 Å². The van der Waals surface area contributed by atoms with E-state index in [1.807, 2.05) is 0 Å². The van der Waals surface area contributed by atoms with Crippen molar-refractivity contribution in [2.24, 2.45) is 5.92 Å². The molecule has 2 aliphatic rings. The number of fused-ring (bicyclic) bond motifs is 1. The molecule has 7 heteroatoms.